The molecule has 1 N–H and O–H groups in total. The average Bonchev–Trinajstić information content (AvgIpc) is 2.37. The molecule has 0 spiro atoms. The maximum Gasteiger partial charge on any atom is 0.0761 e. The van der Waals surface area contributed by atoms with E-state index in [1.807, 2.05) is 0 Å². The van der Waals surface area contributed by atoms with Crippen LogP contribution in [0.4, 0.5) is 0 Å². The number of hydrogen-bond donors (Lipinski definition) is 1. The van der Waals surface area contributed by atoms with E-state index in [-0.39, 0.29) is 11.2 Å². The van der Waals surface area contributed by atoms with Gasteiger partial charge >= 0.3 is 0 Å². The van der Waals surface area contributed by atoms with Crippen molar-refractivity contribution in [1.82, 2.24) is 10.2 Å². The molecule has 1 aliphatic heterocycles. The predicted molar refractivity (Wildman–Crippen MR) is 88.5 cm³/mol. The largest absolute Gasteiger partial charge is 0.367 e. The third-order valence-electron chi connectivity index (χ3n) is 3.93. The van der Waals surface area contributed by atoms with Gasteiger partial charge in [-0.05, 0) is 39.8 Å². The predicted octanol–water partition coefficient (Wildman–Crippen LogP) is 3.23. The molecule has 118 valence electrons. The van der Waals surface area contributed by atoms with Crippen LogP contribution in [0.2, 0.25) is 0 Å². The summed E-state index contributed by atoms with van der Waals surface area (Å²) in [6, 6.07) is 11.2. The minimum Gasteiger partial charge on any atom is -0.367 e. The van der Waals surface area contributed by atoms with Gasteiger partial charge in [0.15, 0.2) is 0 Å². The lowest BCUT2D eigenvalue weighted by atomic mass is 9.95. The highest BCUT2D eigenvalue weighted by molar-refractivity contribution is 5.20. The molecule has 1 fully saturated rings. The summed E-state index contributed by atoms with van der Waals surface area (Å²) < 4.78 is 6.22. The summed E-state index contributed by atoms with van der Waals surface area (Å²) in [5.41, 5.74) is 1.16. The van der Waals surface area contributed by atoms with Gasteiger partial charge in [-0.25, -0.2) is 0 Å². The van der Waals surface area contributed by atoms with Crippen LogP contribution in [-0.2, 0) is 4.74 Å². The summed E-state index contributed by atoms with van der Waals surface area (Å²) in [6.45, 7) is 14.8. The standard InChI is InChI=1S/C18H30N2O/c1-6-19-12-16(15-10-8-7-9-11-15)20-13-17(2,3)21-18(4,5)14-20/h7-11,16,19H,6,12-14H2,1-5H3. The van der Waals surface area contributed by atoms with E-state index in [2.05, 4.69) is 75.2 Å². The maximum atomic E-state index is 6.22. The molecule has 1 aliphatic rings. The van der Waals surface area contributed by atoms with Crippen molar-refractivity contribution >= 4 is 0 Å². The fourth-order valence-corrected chi connectivity index (χ4v) is 3.48. The summed E-state index contributed by atoms with van der Waals surface area (Å²) in [6.07, 6.45) is 0. The van der Waals surface area contributed by atoms with E-state index in [9.17, 15) is 0 Å². The van der Waals surface area contributed by atoms with Crippen molar-refractivity contribution in [3.05, 3.63) is 35.9 Å². The number of morpholine rings is 1. The zero-order chi connectivity index (χ0) is 15.5. The molecule has 1 saturated heterocycles. The number of likely N-dealkylation sites (N-methyl/N-ethyl adjacent to an activating group) is 1. The fraction of sp³-hybridized carbons (Fsp3) is 0.667. The molecule has 0 bridgehead atoms. The Morgan fingerprint density at radius 2 is 1.67 bits per heavy atom. The smallest absolute Gasteiger partial charge is 0.0761 e. The van der Waals surface area contributed by atoms with E-state index in [4.69, 9.17) is 4.74 Å². The SMILES string of the molecule is CCNCC(c1ccccc1)N1CC(C)(C)OC(C)(C)C1. The first kappa shape index (κ1) is 16.5. The Morgan fingerprint density at radius 1 is 1.10 bits per heavy atom. The maximum absolute atomic E-state index is 6.22. The van der Waals surface area contributed by atoms with E-state index < -0.39 is 0 Å². The number of hydrogen-bond acceptors (Lipinski definition) is 3. The third kappa shape index (κ3) is 4.53. The number of nitrogens with one attached hydrogen (secondary N) is 1. The van der Waals surface area contributed by atoms with E-state index in [0.717, 1.165) is 26.2 Å². The van der Waals surface area contributed by atoms with Gasteiger partial charge in [-0.15, -0.1) is 0 Å². The zero-order valence-corrected chi connectivity index (χ0v) is 14.1. The molecule has 1 heterocycles. The number of benzene rings is 1. The van der Waals surface area contributed by atoms with Crippen molar-refractivity contribution in [2.75, 3.05) is 26.2 Å². The molecule has 3 heteroatoms. The van der Waals surface area contributed by atoms with Gasteiger partial charge in [0.05, 0.1) is 11.2 Å². The van der Waals surface area contributed by atoms with Gasteiger partial charge in [0, 0.05) is 25.7 Å². The second kappa shape index (κ2) is 6.47. The molecular formula is C18H30N2O. The quantitative estimate of drug-likeness (QED) is 0.901. The Labute approximate surface area is 129 Å². The molecule has 1 unspecified atom stereocenters. The van der Waals surface area contributed by atoms with Gasteiger partial charge in [-0.3, -0.25) is 4.90 Å². The molecule has 0 radical (unpaired) electrons. The second-order valence-corrected chi connectivity index (χ2v) is 7.26. The monoisotopic (exact) mass is 290 g/mol. The van der Waals surface area contributed by atoms with E-state index in [1.165, 1.54) is 5.56 Å². The van der Waals surface area contributed by atoms with Crippen molar-refractivity contribution in [2.24, 2.45) is 0 Å². The van der Waals surface area contributed by atoms with Crippen molar-refractivity contribution in [3.63, 3.8) is 0 Å². The highest BCUT2D eigenvalue weighted by Crippen LogP contribution is 2.33. The summed E-state index contributed by atoms with van der Waals surface area (Å²) in [4.78, 5) is 2.57. The van der Waals surface area contributed by atoms with E-state index in [1.54, 1.807) is 0 Å². The van der Waals surface area contributed by atoms with Gasteiger partial charge in [0.2, 0.25) is 0 Å². The molecule has 2 rings (SSSR count). The van der Waals surface area contributed by atoms with Crippen LogP contribution in [0.5, 0.6) is 0 Å². The summed E-state index contributed by atoms with van der Waals surface area (Å²) >= 11 is 0. The lowest BCUT2D eigenvalue weighted by Gasteiger charge is -2.49. The van der Waals surface area contributed by atoms with Crippen molar-refractivity contribution < 1.29 is 4.74 Å². The molecule has 0 saturated carbocycles. The van der Waals surface area contributed by atoms with Gasteiger partial charge in [0.25, 0.3) is 0 Å². The van der Waals surface area contributed by atoms with Crippen molar-refractivity contribution in [1.29, 1.82) is 0 Å². The Balaban J connectivity index is 2.23. The van der Waals surface area contributed by atoms with Gasteiger partial charge in [-0.2, -0.15) is 0 Å². The fourth-order valence-electron chi connectivity index (χ4n) is 3.48. The van der Waals surface area contributed by atoms with Crippen molar-refractivity contribution in [2.45, 2.75) is 51.9 Å². The summed E-state index contributed by atoms with van der Waals surface area (Å²) in [7, 11) is 0. The molecular weight excluding hydrogens is 260 g/mol. The summed E-state index contributed by atoms with van der Waals surface area (Å²) in [5.74, 6) is 0. The Hall–Kier alpha value is -0.900. The lowest BCUT2D eigenvalue weighted by Crippen LogP contribution is -2.58. The first-order valence-corrected chi connectivity index (χ1v) is 8.03. The number of ether oxygens (including phenoxy) is 1. The van der Waals surface area contributed by atoms with Crippen LogP contribution < -0.4 is 5.32 Å². The molecule has 0 amide bonds. The molecule has 0 aliphatic carbocycles. The van der Waals surface area contributed by atoms with Gasteiger partial charge in [-0.1, -0.05) is 37.3 Å². The highest BCUT2D eigenvalue weighted by atomic mass is 16.5. The third-order valence-corrected chi connectivity index (χ3v) is 3.93. The summed E-state index contributed by atoms with van der Waals surface area (Å²) in [5, 5.41) is 3.52. The lowest BCUT2D eigenvalue weighted by molar-refractivity contribution is -0.188. The van der Waals surface area contributed by atoms with Crippen molar-refractivity contribution in [3.8, 4) is 0 Å². The Morgan fingerprint density at radius 3 is 2.19 bits per heavy atom. The van der Waals surface area contributed by atoms with Crippen LogP contribution in [0.15, 0.2) is 30.3 Å². The van der Waals surface area contributed by atoms with Crippen LogP contribution in [-0.4, -0.2) is 42.3 Å². The highest BCUT2D eigenvalue weighted by Gasteiger charge is 2.40. The Bertz CT molecular complexity index is 426. The molecule has 1 aromatic rings. The van der Waals surface area contributed by atoms with Crippen LogP contribution in [0.3, 0.4) is 0 Å². The average molecular weight is 290 g/mol. The van der Waals surface area contributed by atoms with Crippen LogP contribution in [0.25, 0.3) is 0 Å². The topological polar surface area (TPSA) is 24.5 Å². The molecule has 21 heavy (non-hydrogen) atoms. The molecule has 0 aromatic heterocycles. The Kier molecular flexibility index (Phi) is 5.07. The number of nitrogens with zero attached hydrogens (tertiary/aromatic N) is 1. The van der Waals surface area contributed by atoms with Crippen LogP contribution in [0.1, 0.15) is 46.2 Å². The first-order chi connectivity index (χ1) is 9.83. The van der Waals surface area contributed by atoms with Gasteiger partial charge < -0.3 is 10.1 Å². The zero-order valence-electron chi connectivity index (χ0n) is 14.1. The van der Waals surface area contributed by atoms with Crippen LogP contribution >= 0.6 is 0 Å². The normalized spacial score (nSPS) is 22.9. The van der Waals surface area contributed by atoms with Gasteiger partial charge in [0.1, 0.15) is 0 Å². The minimum atomic E-state index is -0.110. The second-order valence-electron chi connectivity index (χ2n) is 7.26. The first-order valence-electron chi connectivity index (χ1n) is 8.03. The molecule has 3 nitrogen and oxygen atoms in total. The number of rotatable bonds is 5. The molecule has 1 aromatic carbocycles. The molecule has 1 atom stereocenters. The van der Waals surface area contributed by atoms with E-state index >= 15 is 0 Å². The minimum absolute atomic E-state index is 0.110. The van der Waals surface area contributed by atoms with Crippen LogP contribution in [0, 0.1) is 0 Å². The van der Waals surface area contributed by atoms with E-state index in [0.29, 0.717) is 6.04 Å².